The first-order valence-corrected chi connectivity index (χ1v) is 6.75. The van der Waals surface area contributed by atoms with E-state index < -0.39 is 0 Å². The van der Waals surface area contributed by atoms with Gasteiger partial charge in [-0.25, -0.2) is 0 Å². The van der Waals surface area contributed by atoms with Crippen molar-refractivity contribution in [3.63, 3.8) is 0 Å². The van der Waals surface area contributed by atoms with E-state index >= 15 is 0 Å². The topological polar surface area (TPSA) is 38.3 Å². The molecule has 1 saturated heterocycles. The van der Waals surface area contributed by atoms with Crippen molar-refractivity contribution in [3.05, 3.63) is 29.8 Å². The van der Waals surface area contributed by atoms with Crippen LogP contribution < -0.4 is 10.1 Å². The Balaban J connectivity index is 1.71. The lowest BCUT2D eigenvalue weighted by Crippen LogP contribution is -2.47. The average Bonchev–Trinajstić information content (AvgIpc) is 3.10. The Kier molecular flexibility index (Phi) is 3.08. The molecule has 1 heterocycles. The van der Waals surface area contributed by atoms with E-state index in [-0.39, 0.29) is 11.7 Å². The number of nitrogens with one attached hydrogen (secondary N) is 1. The molecule has 0 aromatic heterocycles. The van der Waals surface area contributed by atoms with Gasteiger partial charge >= 0.3 is 0 Å². The first-order chi connectivity index (χ1) is 8.74. The van der Waals surface area contributed by atoms with Gasteiger partial charge in [0.2, 0.25) is 0 Å². The van der Waals surface area contributed by atoms with Gasteiger partial charge in [0.25, 0.3) is 0 Å². The third-order valence-corrected chi connectivity index (χ3v) is 3.88. The van der Waals surface area contributed by atoms with Crippen molar-refractivity contribution in [3.8, 4) is 5.75 Å². The number of hydrogen-bond acceptors (Lipinski definition) is 3. The molecule has 96 valence electrons. The molecule has 1 aliphatic heterocycles. The number of rotatable bonds is 5. The zero-order chi connectivity index (χ0) is 12.5. The molecule has 1 N–H and O–H groups in total. The minimum Gasteiger partial charge on any atom is -0.490 e. The highest BCUT2D eigenvalue weighted by Crippen LogP contribution is 2.28. The molecule has 1 aromatic carbocycles. The van der Waals surface area contributed by atoms with Crippen LogP contribution in [0, 0.1) is 11.8 Å². The Labute approximate surface area is 108 Å². The SMILES string of the molecule is CC(C(=O)c1cccc(OC2CC2)c1)C1CNC1. The minimum atomic E-state index is 0.0995. The summed E-state index contributed by atoms with van der Waals surface area (Å²) in [4.78, 5) is 12.3. The maximum Gasteiger partial charge on any atom is 0.166 e. The van der Waals surface area contributed by atoms with Gasteiger partial charge in [-0.15, -0.1) is 0 Å². The zero-order valence-corrected chi connectivity index (χ0v) is 10.7. The maximum atomic E-state index is 12.3. The van der Waals surface area contributed by atoms with Crippen LogP contribution in [0.15, 0.2) is 24.3 Å². The molecule has 1 aliphatic carbocycles. The second kappa shape index (κ2) is 4.73. The molecule has 1 atom stereocenters. The Morgan fingerprint density at radius 2 is 2.17 bits per heavy atom. The first-order valence-electron chi connectivity index (χ1n) is 6.75. The lowest BCUT2D eigenvalue weighted by Gasteiger charge is -2.31. The predicted octanol–water partition coefficient (Wildman–Crippen LogP) is 2.27. The van der Waals surface area contributed by atoms with E-state index in [1.54, 1.807) is 0 Å². The van der Waals surface area contributed by atoms with E-state index in [0.717, 1.165) is 37.2 Å². The summed E-state index contributed by atoms with van der Waals surface area (Å²) < 4.78 is 5.73. The maximum absolute atomic E-state index is 12.3. The molecule has 3 heteroatoms. The molecule has 0 radical (unpaired) electrons. The van der Waals surface area contributed by atoms with Crippen molar-refractivity contribution >= 4 is 5.78 Å². The summed E-state index contributed by atoms with van der Waals surface area (Å²) >= 11 is 0. The average molecular weight is 245 g/mol. The van der Waals surface area contributed by atoms with Crippen LogP contribution in [0.3, 0.4) is 0 Å². The summed E-state index contributed by atoms with van der Waals surface area (Å²) in [6.45, 7) is 3.96. The zero-order valence-electron chi connectivity index (χ0n) is 10.7. The summed E-state index contributed by atoms with van der Waals surface area (Å²) in [6, 6.07) is 7.63. The molecule has 3 rings (SSSR count). The third kappa shape index (κ3) is 2.41. The summed E-state index contributed by atoms with van der Waals surface area (Å²) in [5.74, 6) is 1.66. The molecule has 3 nitrogen and oxygen atoms in total. The molecular formula is C15H19NO2. The van der Waals surface area contributed by atoms with Crippen molar-refractivity contribution < 1.29 is 9.53 Å². The van der Waals surface area contributed by atoms with Crippen LogP contribution in [-0.4, -0.2) is 25.0 Å². The van der Waals surface area contributed by atoms with E-state index in [9.17, 15) is 4.79 Å². The van der Waals surface area contributed by atoms with E-state index in [2.05, 4.69) is 5.32 Å². The van der Waals surface area contributed by atoms with Gasteiger partial charge in [0.15, 0.2) is 5.78 Å². The van der Waals surface area contributed by atoms with Crippen LogP contribution in [-0.2, 0) is 0 Å². The van der Waals surface area contributed by atoms with Crippen molar-refractivity contribution in [1.29, 1.82) is 0 Å². The fourth-order valence-corrected chi connectivity index (χ4v) is 2.24. The molecule has 1 unspecified atom stereocenters. The van der Waals surface area contributed by atoms with E-state index in [1.807, 2.05) is 31.2 Å². The molecule has 1 aromatic rings. The lowest BCUT2D eigenvalue weighted by atomic mass is 9.83. The van der Waals surface area contributed by atoms with Crippen LogP contribution in [0.5, 0.6) is 5.75 Å². The highest BCUT2D eigenvalue weighted by atomic mass is 16.5. The van der Waals surface area contributed by atoms with Gasteiger partial charge in [-0.1, -0.05) is 19.1 Å². The second-order valence-corrected chi connectivity index (χ2v) is 5.42. The smallest absolute Gasteiger partial charge is 0.166 e. The molecule has 18 heavy (non-hydrogen) atoms. The molecule has 0 spiro atoms. The van der Waals surface area contributed by atoms with Crippen LogP contribution in [0.25, 0.3) is 0 Å². The highest BCUT2D eigenvalue weighted by molar-refractivity contribution is 5.98. The Morgan fingerprint density at radius 3 is 2.78 bits per heavy atom. The van der Waals surface area contributed by atoms with Gasteiger partial charge in [-0.2, -0.15) is 0 Å². The van der Waals surface area contributed by atoms with E-state index in [1.165, 1.54) is 0 Å². The quantitative estimate of drug-likeness (QED) is 0.809. The third-order valence-electron chi connectivity index (χ3n) is 3.88. The van der Waals surface area contributed by atoms with Crippen LogP contribution in [0.2, 0.25) is 0 Å². The van der Waals surface area contributed by atoms with E-state index in [0.29, 0.717) is 12.0 Å². The van der Waals surface area contributed by atoms with Crippen molar-refractivity contribution in [1.82, 2.24) is 5.32 Å². The normalized spacial score (nSPS) is 21.2. The lowest BCUT2D eigenvalue weighted by molar-refractivity contribution is 0.0853. The minimum absolute atomic E-state index is 0.0995. The summed E-state index contributed by atoms with van der Waals surface area (Å²) in [5.41, 5.74) is 0.785. The van der Waals surface area contributed by atoms with Gasteiger partial charge in [0, 0.05) is 11.5 Å². The fourth-order valence-electron chi connectivity index (χ4n) is 2.24. The van der Waals surface area contributed by atoms with Crippen LogP contribution in [0.1, 0.15) is 30.1 Å². The number of carbonyl (C=O) groups excluding carboxylic acids is 1. The van der Waals surface area contributed by atoms with Gasteiger partial charge in [-0.3, -0.25) is 4.79 Å². The van der Waals surface area contributed by atoms with Gasteiger partial charge < -0.3 is 10.1 Å². The van der Waals surface area contributed by atoms with Gasteiger partial charge in [0.05, 0.1) is 6.10 Å². The molecular weight excluding hydrogens is 226 g/mol. The van der Waals surface area contributed by atoms with Gasteiger partial charge in [-0.05, 0) is 44.0 Å². The van der Waals surface area contributed by atoms with Crippen molar-refractivity contribution in [2.24, 2.45) is 11.8 Å². The Hall–Kier alpha value is -1.35. The standard InChI is InChI=1S/C15H19NO2/c1-10(12-8-16-9-12)15(17)11-3-2-4-14(7-11)18-13-5-6-13/h2-4,7,10,12-13,16H,5-6,8-9H2,1H3. The number of benzene rings is 1. The Morgan fingerprint density at radius 1 is 1.39 bits per heavy atom. The Bertz CT molecular complexity index is 450. The van der Waals surface area contributed by atoms with Crippen LogP contribution >= 0.6 is 0 Å². The number of ether oxygens (including phenoxy) is 1. The number of ketones is 1. The highest BCUT2D eigenvalue weighted by Gasteiger charge is 2.29. The van der Waals surface area contributed by atoms with E-state index in [4.69, 9.17) is 4.74 Å². The van der Waals surface area contributed by atoms with Crippen molar-refractivity contribution in [2.45, 2.75) is 25.9 Å². The number of hydrogen-bond donors (Lipinski definition) is 1. The largest absolute Gasteiger partial charge is 0.490 e. The van der Waals surface area contributed by atoms with Crippen molar-refractivity contribution in [2.75, 3.05) is 13.1 Å². The monoisotopic (exact) mass is 245 g/mol. The molecule has 2 aliphatic rings. The number of Topliss-reactive ketones (excluding diaryl/α,β-unsaturated/α-hetero) is 1. The first kappa shape index (κ1) is 11.7. The predicted molar refractivity (Wildman–Crippen MR) is 69.9 cm³/mol. The summed E-state index contributed by atoms with van der Waals surface area (Å²) in [6.07, 6.45) is 2.66. The van der Waals surface area contributed by atoms with Crippen LogP contribution in [0.4, 0.5) is 0 Å². The molecule has 0 bridgehead atoms. The molecule has 0 amide bonds. The second-order valence-electron chi connectivity index (χ2n) is 5.42. The molecule has 2 fully saturated rings. The summed E-state index contributed by atoms with van der Waals surface area (Å²) in [5, 5.41) is 3.22. The van der Waals surface area contributed by atoms with Gasteiger partial charge in [0.1, 0.15) is 5.75 Å². The number of carbonyl (C=O) groups is 1. The summed E-state index contributed by atoms with van der Waals surface area (Å²) in [7, 11) is 0. The fraction of sp³-hybridized carbons (Fsp3) is 0.533. The molecule has 1 saturated carbocycles.